The van der Waals surface area contributed by atoms with Crippen LogP contribution in [0.3, 0.4) is 0 Å². The summed E-state index contributed by atoms with van der Waals surface area (Å²) in [4.78, 5) is 19.1. The van der Waals surface area contributed by atoms with Gasteiger partial charge in [0.15, 0.2) is 9.84 Å². The van der Waals surface area contributed by atoms with Crippen LogP contribution in [0.1, 0.15) is 35.7 Å². The SMILES string of the molecule is COC(=O)c1ncc2c(n1)C(C)(C)S(=O)(=O)C2. The van der Waals surface area contributed by atoms with Gasteiger partial charge in [0, 0.05) is 11.8 Å². The highest BCUT2D eigenvalue weighted by atomic mass is 32.2. The zero-order chi connectivity index (χ0) is 12.8. The Labute approximate surface area is 99.0 Å². The van der Waals surface area contributed by atoms with Gasteiger partial charge in [-0.1, -0.05) is 0 Å². The predicted octanol–water partition coefficient (Wildman–Crippen LogP) is 0.427. The molecule has 1 aromatic rings. The number of carbonyl (C=O) groups excluding carboxylic acids is 1. The molecule has 0 radical (unpaired) electrons. The molecule has 0 amide bonds. The molecule has 0 atom stereocenters. The van der Waals surface area contributed by atoms with Crippen LogP contribution in [0.15, 0.2) is 6.20 Å². The van der Waals surface area contributed by atoms with Crippen molar-refractivity contribution in [2.45, 2.75) is 24.3 Å². The Morgan fingerprint density at radius 2 is 2.12 bits per heavy atom. The first-order valence-corrected chi connectivity index (χ1v) is 6.62. The van der Waals surface area contributed by atoms with E-state index in [1.807, 2.05) is 0 Å². The van der Waals surface area contributed by atoms with Crippen LogP contribution in [0.5, 0.6) is 0 Å². The van der Waals surface area contributed by atoms with Gasteiger partial charge in [-0.3, -0.25) is 0 Å². The Bertz CT molecular complexity index is 592. The fourth-order valence-electron chi connectivity index (χ4n) is 1.76. The number of methoxy groups -OCH3 is 1. The molecule has 0 bridgehead atoms. The van der Waals surface area contributed by atoms with Gasteiger partial charge in [0.1, 0.15) is 4.75 Å². The molecule has 6 nitrogen and oxygen atoms in total. The van der Waals surface area contributed by atoms with Gasteiger partial charge in [0.05, 0.1) is 18.6 Å². The van der Waals surface area contributed by atoms with E-state index in [0.29, 0.717) is 11.3 Å². The predicted molar refractivity (Wildman–Crippen MR) is 59.0 cm³/mol. The highest BCUT2D eigenvalue weighted by Crippen LogP contribution is 2.39. The number of ether oxygens (including phenoxy) is 1. The minimum atomic E-state index is -3.29. The lowest BCUT2D eigenvalue weighted by Gasteiger charge is -2.16. The topological polar surface area (TPSA) is 86.2 Å². The molecule has 0 aromatic carbocycles. The van der Waals surface area contributed by atoms with Gasteiger partial charge in [-0.2, -0.15) is 0 Å². The number of aromatic nitrogens is 2. The molecule has 0 spiro atoms. The number of nitrogens with zero attached hydrogens (tertiary/aromatic N) is 2. The van der Waals surface area contributed by atoms with Gasteiger partial charge in [0.25, 0.3) is 0 Å². The number of carbonyl (C=O) groups is 1. The molecule has 0 unspecified atom stereocenters. The lowest BCUT2D eigenvalue weighted by Crippen LogP contribution is -2.25. The summed E-state index contributed by atoms with van der Waals surface area (Å²) in [5, 5.41) is 0. The van der Waals surface area contributed by atoms with Crippen molar-refractivity contribution < 1.29 is 17.9 Å². The molecule has 0 fully saturated rings. The van der Waals surface area contributed by atoms with Gasteiger partial charge in [-0.15, -0.1) is 0 Å². The van der Waals surface area contributed by atoms with E-state index in [-0.39, 0.29) is 11.6 Å². The van der Waals surface area contributed by atoms with Crippen molar-refractivity contribution in [1.82, 2.24) is 9.97 Å². The van der Waals surface area contributed by atoms with E-state index in [1.165, 1.54) is 13.3 Å². The Balaban J connectivity index is 2.61. The average molecular weight is 256 g/mol. The third-order valence-electron chi connectivity index (χ3n) is 2.93. The summed E-state index contributed by atoms with van der Waals surface area (Å²) in [5.74, 6) is -0.874. The van der Waals surface area contributed by atoms with Crippen LogP contribution < -0.4 is 0 Å². The summed E-state index contributed by atoms with van der Waals surface area (Å²) in [7, 11) is -2.06. The van der Waals surface area contributed by atoms with Gasteiger partial charge in [-0.05, 0) is 13.8 Å². The maximum absolute atomic E-state index is 11.9. The second kappa shape index (κ2) is 3.49. The molecule has 2 heterocycles. The van der Waals surface area contributed by atoms with E-state index in [1.54, 1.807) is 13.8 Å². The van der Waals surface area contributed by atoms with E-state index in [9.17, 15) is 13.2 Å². The number of rotatable bonds is 1. The fraction of sp³-hybridized carbons (Fsp3) is 0.500. The van der Waals surface area contributed by atoms with E-state index in [2.05, 4.69) is 14.7 Å². The van der Waals surface area contributed by atoms with Crippen LogP contribution in [-0.2, 0) is 25.1 Å². The van der Waals surface area contributed by atoms with Crippen molar-refractivity contribution in [2.24, 2.45) is 0 Å². The molecule has 0 aliphatic carbocycles. The van der Waals surface area contributed by atoms with Crippen molar-refractivity contribution >= 4 is 15.8 Å². The molecule has 1 aliphatic rings. The van der Waals surface area contributed by atoms with Crippen molar-refractivity contribution in [1.29, 1.82) is 0 Å². The Hall–Kier alpha value is -1.50. The first kappa shape index (κ1) is 12.0. The number of fused-ring (bicyclic) bond motifs is 1. The third-order valence-corrected chi connectivity index (χ3v) is 5.37. The highest BCUT2D eigenvalue weighted by molar-refractivity contribution is 7.91. The summed E-state index contributed by atoms with van der Waals surface area (Å²) >= 11 is 0. The molecule has 1 aliphatic heterocycles. The van der Waals surface area contributed by atoms with Crippen LogP contribution >= 0.6 is 0 Å². The van der Waals surface area contributed by atoms with Crippen molar-refractivity contribution in [3.8, 4) is 0 Å². The van der Waals surface area contributed by atoms with Gasteiger partial charge < -0.3 is 4.74 Å². The molecule has 0 saturated heterocycles. The van der Waals surface area contributed by atoms with Crippen LogP contribution in [0.4, 0.5) is 0 Å². The molecule has 92 valence electrons. The largest absolute Gasteiger partial charge is 0.463 e. The molecule has 2 rings (SSSR count). The van der Waals surface area contributed by atoms with Gasteiger partial charge >= 0.3 is 5.97 Å². The van der Waals surface area contributed by atoms with Crippen LogP contribution in [0.2, 0.25) is 0 Å². The summed E-state index contributed by atoms with van der Waals surface area (Å²) in [6.07, 6.45) is 1.38. The summed E-state index contributed by atoms with van der Waals surface area (Å²) < 4.78 is 27.2. The first-order chi connectivity index (χ1) is 7.79. The standard InChI is InChI=1S/C10H12N2O4S/c1-10(2)7-6(5-17(10,14)15)4-11-8(12-7)9(13)16-3/h4H,5H2,1-3H3. The summed E-state index contributed by atoms with van der Waals surface area (Å²) in [6, 6.07) is 0. The number of hydrogen-bond donors (Lipinski definition) is 0. The van der Waals surface area contributed by atoms with Crippen molar-refractivity contribution in [3.05, 3.63) is 23.3 Å². The average Bonchev–Trinajstić information content (AvgIpc) is 2.44. The second-order valence-corrected chi connectivity index (χ2v) is 6.87. The second-order valence-electron chi connectivity index (χ2n) is 4.33. The van der Waals surface area contributed by atoms with E-state index in [0.717, 1.165) is 0 Å². The van der Waals surface area contributed by atoms with E-state index < -0.39 is 20.6 Å². The van der Waals surface area contributed by atoms with Crippen molar-refractivity contribution in [3.63, 3.8) is 0 Å². The molecule has 0 saturated carbocycles. The van der Waals surface area contributed by atoms with Crippen molar-refractivity contribution in [2.75, 3.05) is 7.11 Å². The lowest BCUT2D eigenvalue weighted by molar-refractivity contribution is 0.0586. The molecule has 0 N–H and O–H groups in total. The maximum Gasteiger partial charge on any atom is 0.376 e. The summed E-state index contributed by atoms with van der Waals surface area (Å²) in [5.41, 5.74) is 0.926. The van der Waals surface area contributed by atoms with E-state index >= 15 is 0 Å². The minimum Gasteiger partial charge on any atom is -0.463 e. The molecular formula is C10H12N2O4S. The summed E-state index contributed by atoms with van der Waals surface area (Å²) in [6.45, 7) is 3.14. The Morgan fingerprint density at radius 3 is 2.71 bits per heavy atom. The Kier molecular flexibility index (Phi) is 2.46. The maximum atomic E-state index is 11.9. The van der Waals surface area contributed by atoms with Crippen LogP contribution in [0, 0.1) is 0 Å². The zero-order valence-corrected chi connectivity index (χ0v) is 10.5. The number of hydrogen-bond acceptors (Lipinski definition) is 6. The fourth-order valence-corrected chi connectivity index (χ4v) is 3.21. The molecule has 7 heteroatoms. The molecule has 17 heavy (non-hydrogen) atoms. The quantitative estimate of drug-likeness (QED) is 0.677. The first-order valence-electron chi connectivity index (χ1n) is 4.96. The molecular weight excluding hydrogens is 244 g/mol. The number of sulfone groups is 1. The monoisotopic (exact) mass is 256 g/mol. The van der Waals surface area contributed by atoms with E-state index in [4.69, 9.17) is 0 Å². The third kappa shape index (κ3) is 1.61. The molecule has 1 aromatic heterocycles. The van der Waals surface area contributed by atoms with Gasteiger partial charge in [0.2, 0.25) is 5.82 Å². The van der Waals surface area contributed by atoms with Gasteiger partial charge in [-0.25, -0.2) is 23.2 Å². The normalized spacial score (nSPS) is 19.7. The highest BCUT2D eigenvalue weighted by Gasteiger charge is 2.46. The van der Waals surface area contributed by atoms with Crippen LogP contribution in [0.25, 0.3) is 0 Å². The Morgan fingerprint density at radius 1 is 1.47 bits per heavy atom. The lowest BCUT2D eigenvalue weighted by atomic mass is 10.1. The van der Waals surface area contributed by atoms with Crippen LogP contribution in [-0.4, -0.2) is 31.5 Å². The smallest absolute Gasteiger partial charge is 0.376 e. The minimum absolute atomic E-state index is 0.0865. The number of esters is 1. The zero-order valence-electron chi connectivity index (χ0n) is 9.72.